The summed E-state index contributed by atoms with van der Waals surface area (Å²) >= 11 is 3.59. The number of hydrogen-bond acceptors (Lipinski definition) is 3. The summed E-state index contributed by atoms with van der Waals surface area (Å²) in [4.78, 5) is 0. The molecular formula is C17H22BrN3. The topological polar surface area (TPSA) is 47.9 Å². The standard InChI is InChI=1S/C17H22BrN3/c18-14-10-12(11-19)7-8-17(14)21-16-5-2-1-4-13(16)15-6-3-9-20-15/h7-8,10,13,15-16,20-21H,1-6,9H2. The van der Waals surface area contributed by atoms with Crippen molar-refractivity contribution in [3.05, 3.63) is 28.2 Å². The van der Waals surface area contributed by atoms with Crippen LogP contribution >= 0.6 is 15.9 Å². The first-order valence-electron chi connectivity index (χ1n) is 7.97. The summed E-state index contributed by atoms with van der Waals surface area (Å²) in [5.41, 5.74) is 1.81. The van der Waals surface area contributed by atoms with Gasteiger partial charge in [0.15, 0.2) is 0 Å². The fraction of sp³-hybridized carbons (Fsp3) is 0.588. The Bertz CT molecular complexity index is 531. The van der Waals surface area contributed by atoms with Crippen LogP contribution in [0, 0.1) is 17.2 Å². The minimum absolute atomic E-state index is 0.540. The predicted molar refractivity (Wildman–Crippen MR) is 89.3 cm³/mol. The summed E-state index contributed by atoms with van der Waals surface area (Å²) in [7, 11) is 0. The quantitative estimate of drug-likeness (QED) is 0.867. The fourth-order valence-electron chi connectivity index (χ4n) is 3.80. The number of anilines is 1. The molecule has 1 aliphatic heterocycles. The van der Waals surface area contributed by atoms with Crippen LogP contribution < -0.4 is 10.6 Å². The van der Waals surface area contributed by atoms with Gasteiger partial charge in [-0.05, 0) is 72.3 Å². The predicted octanol–water partition coefficient (Wildman–Crippen LogP) is 4.04. The number of nitrogens with one attached hydrogen (secondary N) is 2. The lowest BCUT2D eigenvalue weighted by Crippen LogP contribution is -2.43. The zero-order valence-electron chi connectivity index (χ0n) is 12.2. The first-order valence-corrected chi connectivity index (χ1v) is 8.77. The monoisotopic (exact) mass is 347 g/mol. The number of halogens is 1. The molecule has 3 atom stereocenters. The highest BCUT2D eigenvalue weighted by molar-refractivity contribution is 9.10. The maximum absolute atomic E-state index is 8.96. The highest BCUT2D eigenvalue weighted by Gasteiger charge is 2.33. The molecule has 1 aliphatic carbocycles. The Hall–Kier alpha value is -1.05. The van der Waals surface area contributed by atoms with E-state index in [1.165, 1.54) is 45.1 Å². The van der Waals surface area contributed by atoms with Crippen LogP contribution in [0.15, 0.2) is 22.7 Å². The number of hydrogen-bond donors (Lipinski definition) is 2. The van der Waals surface area contributed by atoms with Gasteiger partial charge in [-0.3, -0.25) is 0 Å². The Balaban J connectivity index is 1.73. The molecule has 1 aromatic carbocycles. The van der Waals surface area contributed by atoms with Crippen molar-refractivity contribution in [3.63, 3.8) is 0 Å². The lowest BCUT2D eigenvalue weighted by atomic mass is 9.79. The molecule has 1 aromatic rings. The van der Waals surface area contributed by atoms with Crippen LogP contribution in [-0.2, 0) is 0 Å². The summed E-state index contributed by atoms with van der Waals surface area (Å²) in [6.45, 7) is 1.18. The molecule has 0 radical (unpaired) electrons. The van der Waals surface area contributed by atoms with Gasteiger partial charge in [0.05, 0.1) is 11.6 Å². The maximum atomic E-state index is 8.96. The van der Waals surface area contributed by atoms with Crippen LogP contribution in [0.5, 0.6) is 0 Å². The van der Waals surface area contributed by atoms with E-state index in [9.17, 15) is 0 Å². The Labute approximate surface area is 135 Å². The van der Waals surface area contributed by atoms with Crippen molar-refractivity contribution in [2.75, 3.05) is 11.9 Å². The van der Waals surface area contributed by atoms with Crippen LogP contribution in [0.2, 0.25) is 0 Å². The van der Waals surface area contributed by atoms with Crippen LogP contribution in [0.1, 0.15) is 44.1 Å². The molecule has 0 spiro atoms. The molecule has 2 N–H and O–H groups in total. The normalized spacial score (nSPS) is 29.0. The van der Waals surface area contributed by atoms with Gasteiger partial charge in [-0.2, -0.15) is 5.26 Å². The van der Waals surface area contributed by atoms with Crippen molar-refractivity contribution < 1.29 is 0 Å². The van der Waals surface area contributed by atoms with E-state index in [2.05, 4.69) is 32.6 Å². The van der Waals surface area contributed by atoms with Crippen molar-refractivity contribution in [3.8, 4) is 6.07 Å². The van der Waals surface area contributed by atoms with E-state index in [1.807, 2.05) is 18.2 Å². The molecule has 112 valence electrons. The second kappa shape index (κ2) is 6.81. The van der Waals surface area contributed by atoms with E-state index in [-0.39, 0.29) is 0 Å². The Kier molecular flexibility index (Phi) is 4.82. The molecule has 1 saturated heterocycles. The Morgan fingerprint density at radius 3 is 2.76 bits per heavy atom. The molecule has 0 amide bonds. The largest absolute Gasteiger partial charge is 0.381 e. The third-order valence-corrected chi connectivity index (χ3v) is 5.53. The Morgan fingerprint density at radius 2 is 2.05 bits per heavy atom. The summed E-state index contributed by atoms with van der Waals surface area (Å²) in [5.74, 6) is 0.726. The molecular weight excluding hydrogens is 326 g/mol. The van der Waals surface area contributed by atoms with Crippen molar-refractivity contribution in [2.24, 2.45) is 5.92 Å². The first kappa shape index (κ1) is 14.9. The van der Waals surface area contributed by atoms with Gasteiger partial charge >= 0.3 is 0 Å². The van der Waals surface area contributed by atoms with E-state index in [0.717, 1.165) is 16.1 Å². The van der Waals surface area contributed by atoms with Crippen LogP contribution in [0.3, 0.4) is 0 Å². The van der Waals surface area contributed by atoms with Crippen molar-refractivity contribution in [1.29, 1.82) is 5.26 Å². The first-order chi connectivity index (χ1) is 10.3. The number of benzene rings is 1. The highest BCUT2D eigenvalue weighted by atomic mass is 79.9. The molecule has 3 unspecified atom stereocenters. The number of nitrogens with zero attached hydrogens (tertiary/aromatic N) is 1. The van der Waals surface area contributed by atoms with Crippen molar-refractivity contribution >= 4 is 21.6 Å². The van der Waals surface area contributed by atoms with E-state index in [0.29, 0.717) is 17.6 Å². The number of rotatable bonds is 3. The lowest BCUT2D eigenvalue weighted by molar-refractivity contribution is 0.262. The SMILES string of the molecule is N#Cc1ccc(NC2CCCCC2C2CCCN2)c(Br)c1. The van der Waals surface area contributed by atoms with Gasteiger partial charge in [0.25, 0.3) is 0 Å². The van der Waals surface area contributed by atoms with Gasteiger partial charge in [0.2, 0.25) is 0 Å². The van der Waals surface area contributed by atoms with Gasteiger partial charge in [0, 0.05) is 22.2 Å². The van der Waals surface area contributed by atoms with E-state index in [4.69, 9.17) is 5.26 Å². The molecule has 2 fully saturated rings. The summed E-state index contributed by atoms with van der Waals surface area (Å²) in [6, 6.07) is 9.21. The van der Waals surface area contributed by atoms with Crippen LogP contribution in [-0.4, -0.2) is 18.6 Å². The zero-order chi connectivity index (χ0) is 14.7. The minimum Gasteiger partial charge on any atom is -0.381 e. The van der Waals surface area contributed by atoms with Crippen molar-refractivity contribution in [2.45, 2.75) is 50.6 Å². The van der Waals surface area contributed by atoms with Gasteiger partial charge in [-0.1, -0.05) is 12.8 Å². The minimum atomic E-state index is 0.540. The van der Waals surface area contributed by atoms with Crippen LogP contribution in [0.25, 0.3) is 0 Å². The molecule has 21 heavy (non-hydrogen) atoms. The molecule has 4 heteroatoms. The van der Waals surface area contributed by atoms with E-state index >= 15 is 0 Å². The molecule has 2 aliphatic rings. The summed E-state index contributed by atoms with van der Waals surface area (Å²) in [5, 5.41) is 16.4. The third-order valence-electron chi connectivity index (χ3n) is 4.87. The van der Waals surface area contributed by atoms with E-state index < -0.39 is 0 Å². The third kappa shape index (κ3) is 3.41. The second-order valence-electron chi connectivity index (χ2n) is 6.21. The number of nitriles is 1. The van der Waals surface area contributed by atoms with Gasteiger partial charge in [-0.15, -0.1) is 0 Å². The molecule has 0 aromatic heterocycles. The molecule has 1 heterocycles. The Morgan fingerprint density at radius 1 is 1.19 bits per heavy atom. The average Bonchev–Trinajstić information content (AvgIpc) is 3.04. The lowest BCUT2D eigenvalue weighted by Gasteiger charge is -2.37. The molecule has 1 saturated carbocycles. The molecule has 3 rings (SSSR count). The smallest absolute Gasteiger partial charge is 0.0992 e. The second-order valence-corrected chi connectivity index (χ2v) is 7.06. The van der Waals surface area contributed by atoms with Crippen molar-refractivity contribution in [1.82, 2.24) is 5.32 Å². The summed E-state index contributed by atoms with van der Waals surface area (Å²) in [6.07, 6.45) is 7.87. The summed E-state index contributed by atoms with van der Waals surface area (Å²) < 4.78 is 0.991. The average molecular weight is 348 g/mol. The van der Waals surface area contributed by atoms with Gasteiger partial charge in [-0.25, -0.2) is 0 Å². The zero-order valence-corrected chi connectivity index (χ0v) is 13.8. The van der Waals surface area contributed by atoms with Crippen LogP contribution in [0.4, 0.5) is 5.69 Å². The maximum Gasteiger partial charge on any atom is 0.0992 e. The molecule has 3 nitrogen and oxygen atoms in total. The van der Waals surface area contributed by atoms with Gasteiger partial charge < -0.3 is 10.6 Å². The highest BCUT2D eigenvalue weighted by Crippen LogP contribution is 2.34. The van der Waals surface area contributed by atoms with Gasteiger partial charge in [0.1, 0.15) is 0 Å². The molecule has 0 bridgehead atoms. The fourth-order valence-corrected chi connectivity index (χ4v) is 4.29. The van der Waals surface area contributed by atoms with E-state index in [1.54, 1.807) is 0 Å².